The van der Waals surface area contributed by atoms with Gasteiger partial charge in [-0.15, -0.1) is 5.10 Å². The topological polar surface area (TPSA) is 30.7 Å². The van der Waals surface area contributed by atoms with E-state index in [2.05, 4.69) is 23.1 Å². The van der Waals surface area contributed by atoms with Crippen LogP contribution >= 0.6 is 12.8 Å². The lowest BCUT2D eigenvalue weighted by Crippen LogP contribution is -1.79. The van der Waals surface area contributed by atoms with Crippen LogP contribution in [0.5, 0.6) is 0 Å². The Morgan fingerprint density at radius 3 is 2.85 bits per heavy atom. The molecule has 0 aliphatic carbocycles. The molecule has 0 aliphatic rings. The van der Waals surface area contributed by atoms with Crippen LogP contribution in [-0.2, 0) is 0 Å². The summed E-state index contributed by atoms with van der Waals surface area (Å²) in [6, 6.07) is 6.18. The molecule has 13 heavy (non-hydrogen) atoms. The molecule has 1 heterocycles. The number of thiol groups is 1. The Kier molecular flexibility index (Phi) is 2.02. The third-order valence-corrected chi connectivity index (χ3v) is 1.80. The van der Waals surface area contributed by atoms with Gasteiger partial charge in [-0.2, -0.15) is 4.09 Å². The molecule has 0 radical (unpaired) electrons. The molecular weight excluding hydrogens is 189 g/mol. The van der Waals surface area contributed by atoms with Gasteiger partial charge in [-0.25, -0.2) is 4.39 Å². The van der Waals surface area contributed by atoms with Crippen LogP contribution in [0.1, 0.15) is 0 Å². The second kappa shape index (κ2) is 3.18. The predicted octanol–water partition coefficient (Wildman–Crippen LogP) is 1.78. The van der Waals surface area contributed by atoms with Gasteiger partial charge in [0.1, 0.15) is 11.5 Å². The standard InChI is InChI=1S/C8H6FN3S/c9-7-3-1-2-6(4-7)8-5-12(13)11-10-8/h1-5,13H. The molecule has 0 atom stereocenters. The van der Waals surface area contributed by atoms with Gasteiger partial charge in [0.25, 0.3) is 0 Å². The number of rotatable bonds is 1. The van der Waals surface area contributed by atoms with Crippen LogP contribution in [0.2, 0.25) is 0 Å². The summed E-state index contributed by atoms with van der Waals surface area (Å²) >= 11 is 3.93. The van der Waals surface area contributed by atoms with Crippen molar-refractivity contribution in [2.75, 3.05) is 0 Å². The second-order valence-electron chi connectivity index (χ2n) is 2.53. The Morgan fingerprint density at radius 2 is 2.23 bits per heavy atom. The summed E-state index contributed by atoms with van der Waals surface area (Å²) < 4.78 is 14.1. The predicted molar refractivity (Wildman–Crippen MR) is 49.8 cm³/mol. The maximum Gasteiger partial charge on any atom is 0.123 e. The van der Waals surface area contributed by atoms with Gasteiger partial charge in [0.15, 0.2) is 0 Å². The lowest BCUT2D eigenvalue weighted by atomic mass is 10.2. The lowest BCUT2D eigenvalue weighted by molar-refractivity contribution is 0.628. The first-order valence-electron chi connectivity index (χ1n) is 3.63. The average molecular weight is 195 g/mol. The highest BCUT2D eigenvalue weighted by Crippen LogP contribution is 2.16. The summed E-state index contributed by atoms with van der Waals surface area (Å²) in [7, 11) is 0. The highest BCUT2D eigenvalue weighted by atomic mass is 32.1. The molecule has 0 saturated carbocycles. The third kappa shape index (κ3) is 1.70. The Labute approximate surface area is 79.7 Å². The van der Waals surface area contributed by atoms with Crippen LogP contribution in [0.3, 0.4) is 0 Å². The van der Waals surface area contributed by atoms with Gasteiger partial charge in [0.05, 0.1) is 6.20 Å². The first-order valence-corrected chi connectivity index (χ1v) is 4.03. The van der Waals surface area contributed by atoms with Gasteiger partial charge < -0.3 is 0 Å². The quantitative estimate of drug-likeness (QED) is 0.703. The van der Waals surface area contributed by atoms with Crippen LogP contribution in [-0.4, -0.2) is 14.4 Å². The zero-order chi connectivity index (χ0) is 9.26. The molecule has 0 N–H and O–H groups in total. The first kappa shape index (κ1) is 8.25. The van der Waals surface area contributed by atoms with Crippen molar-refractivity contribution in [2.24, 2.45) is 0 Å². The smallest absolute Gasteiger partial charge is 0.123 e. The Morgan fingerprint density at radius 1 is 1.38 bits per heavy atom. The molecule has 3 nitrogen and oxygen atoms in total. The molecule has 0 fully saturated rings. The van der Waals surface area contributed by atoms with Gasteiger partial charge in [0.2, 0.25) is 0 Å². The molecule has 2 rings (SSSR count). The molecule has 0 spiro atoms. The number of nitrogens with zero attached hydrogens (tertiary/aromatic N) is 3. The molecule has 0 bridgehead atoms. The highest BCUT2D eigenvalue weighted by molar-refractivity contribution is 7.78. The van der Waals surface area contributed by atoms with Crippen molar-refractivity contribution in [1.29, 1.82) is 0 Å². The molecule has 0 aliphatic heterocycles. The largest absolute Gasteiger partial charge is 0.207 e. The molecule has 1 aromatic carbocycles. The van der Waals surface area contributed by atoms with E-state index in [9.17, 15) is 4.39 Å². The van der Waals surface area contributed by atoms with E-state index >= 15 is 0 Å². The lowest BCUT2D eigenvalue weighted by Gasteiger charge is -1.93. The summed E-state index contributed by atoms with van der Waals surface area (Å²) in [5, 5.41) is 7.43. The third-order valence-electron chi connectivity index (χ3n) is 1.60. The fourth-order valence-electron chi connectivity index (χ4n) is 1.04. The van der Waals surface area contributed by atoms with Crippen LogP contribution in [0.4, 0.5) is 4.39 Å². The van der Waals surface area contributed by atoms with Crippen molar-refractivity contribution in [2.45, 2.75) is 0 Å². The van der Waals surface area contributed by atoms with E-state index < -0.39 is 0 Å². The fraction of sp³-hybridized carbons (Fsp3) is 0. The summed E-state index contributed by atoms with van der Waals surface area (Å²) in [6.45, 7) is 0. The highest BCUT2D eigenvalue weighted by Gasteiger charge is 2.02. The number of aromatic nitrogens is 3. The van der Waals surface area contributed by atoms with Crippen molar-refractivity contribution < 1.29 is 4.39 Å². The molecule has 0 saturated heterocycles. The monoisotopic (exact) mass is 195 g/mol. The van der Waals surface area contributed by atoms with Crippen molar-refractivity contribution in [3.05, 3.63) is 36.3 Å². The molecule has 0 amide bonds. The van der Waals surface area contributed by atoms with Gasteiger partial charge in [-0.3, -0.25) is 0 Å². The minimum absolute atomic E-state index is 0.286. The minimum Gasteiger partial charge on any atom is -0.207 e. The van der Waals surface area contributed by atoms with E-state index in [-0.39, 0.29) is 5.82 Å². The fourth-order valence-corrected chi connectivity index (χ4v) is 1.18. The van der Waals surface area contributed by atoms with Gasteiger partial charge >= 0.3 is 0 Å². The van der Waals surface area contributed by atoms with Gasteiger partial charge in [-0.1, -0.05) is 17.3 Å². The Bertz CT molecular complexity index is 427. The van der Waals surface area contributed by atoms with Crippen LogP contribution < -0.4 is 0 Å². The van der Waals surface area contributed by atoms with Crippen molar-refractivity contribution in [3.63, 3.8) is 0 Å². The van der Waals surface area contributed by atoms with E-state index in [1.807, 2.05) is 0 Å². The number of hydrogen-bond donors (Lipinski definition) is 1. The Balaban J connectivity index is 2.46. The van der Waals surface area contributed by atoms with E-state index in [1.54, 1.807) is 18.3 Å². The van der Waals surface area contributed by atoms with Crippen LogP contribution in [0, 0.1) is 5.82 Å². The summed E-state index contributed by atoms with van der Waals surface area (Å²) in [6.07, 6.45) is 1.61. The number of benzene rings is 1. The summed E-state index contributed by atoms with van der Waals surface area (Å²) in [5.74, 6) is -0.286. The van der Waals surface area contributed by atoms with Gasteiger partial charge in [-0.05, 0) is 24.9 Å². The first-order chi connectivity index (χ1) is 6.25. The van der Waals surface area contributed by atoms with E-state index in [1.165, 1.54) is 16.2 Å². The normalized spacial score (nSPS) is 10.3. The van der Waals surface area contributed by atoms with Crippen molar-refractivity contribution in [3.8, 4) is 11.3 Å². The van der Waals surface area contributed by atoms with Crippen LogP contribution in [0.25, 0.3) is 11.3 Å². The Hall–Kier alpha value is -1.36. The molecule has 5 heteroatoms. The molecule has 66 valence electrons. The average Bonchev–Trinajstić information content (AvgIpc) is 2.52. The maximum atomic E-state index is 12.8. The SMILES string of the molecule is Fc1cccc(-c2cn(S)nn2)c1. The second-order valence-corrected chi connectivity index (χ2v) is 2.94. The maximum absolute atomic E-state index is 12.8. The summed E-state index contributed by atoms with van der Waals surface area (Å²) in [5.41, 5.74) is 1.30. The molecular formula is C8H6FN3S. The summed E-state index contributed by atoms with van der Waals surface area (Å²) in [4.78, 5) is 0. The van der Waals surface area contributed by atoms with E-state index in [0.29, 0.717) is 11.3 Å². The van der Waals surface area contributed by atoms with E-state index in [4.69, 9.17) is 0 Å². The van der Waals surface area contributed by atoms with Gasteiger partial charge in [0, 0.05) is 5.56 Å². The number of halogens is 1. The molecule has 1 aromatic heterocycles. The number of hydrogen-bond acceptors (Lipinski definition) is 3. The zero-order valence-corrected chi connectivity index (χ0v) is 7.45. The molecule has 2 aromatic rings. The minimum atomic E-state index is -0.286. The van der Waals surface area contributed by atoms with E-state index in [0.717, 1.165) is 0 Å². The van der Waals surface area contributed by atoms with Crippen molar-refractivity contribution in [1.82, 2.24) is 14.4 Å². The van der Waals surface area contributed by atoms with Crippen molar-refractivity contribution >= 4 is 12.8 Å². The molecule has 0 unspecified atom stereocenters. The zero-order valence-electron chi connectivity index (χ0n) is 6.55. The van der Waals surface area contributed by atoms with Crippen LogP contribution in [0.15, 0.2) is 30.5 Å².